The van der Waals surface area contributed by atoms with E-state index in [9.17, 15) is 5.11 Å². The molecule has 0 saturated heterocycles. The topological polar surface area (TPSA) is 45.4 Å². The molecule has 2 N–H and O–H groups in total. The number of fused-ring (bicyclic) bond motifs is 1. The van der Waals surface area contributed by atoms with Crippen LogP contribution in [0.1, 0.15) is 25.8 Å². The molecule has 1 aromatic heterocycles. The molecule has 0 bridgehead atoms. The largest absolute Gasteiger partial charge is 0.464 e. The Bertz CT molecular complexity index is 490. The second-order valence-corrected chi connectivity index (χ2v) is 5.03. The fourth-order valence-electron chi connectivity index (χ4n) is 1.98. The quantitative estimate of drug-likeness (QED) is 0.771. The van der Waals surface area contributed by atoms with Gasteiger partial charge in [0, 0.05) is 17.5 Å². The smallest absolute Gasteiger partial charge is 0.134 e. The molecule has 1 heterocycles. The zero-order chi connectivity index (χ0) is 13.0. The monoisotopic (exact) mass is 247 g/mol. The van der Waals surface area contributed by atoms with Crippen molar-refractivity contribution in [3.63, 3.8) is 0 Å². The third kappa shape index (κ3) is 3.12. The first-order chi connectivity index (χ1) is 8.68. The van der Waals surface area contributed by atoms with Gasteiger partial charge in [0.1, 0.15) is 5.58 Å². The van der Waals surface area contributed by atoms with Crippen molar-refractivity contribution in [1.82, 2.24) is 5.32 Å². The van der Waals surface area contributed by atoms with E-state index < -0.39 is 0 Å². The first-order valence-electron chi connectivity index (χ1n) is 6.52. The second kappa shape index (κ2) is 6.03. The lowest BCUT2D eigenvalue weighted by Crippen LogP contribution is -2.23. The van der Waals surface area contributed by atoms with Gasteiger partial charge in [-0.2, -0.15) is 0 Å². The van der Waals surface area contributed by atoms with Crippen molar-refractivity contribution in [2.24, 2.45) is 5.92 Å². The van der Waals surface area contributed by atoms with Gasteiger partial charge in [0.15, 0.2) is 0 Å². The van der Waals surface area contributed by atoms with Gasteiger partial charge in [0.05, 0.1) is 12.4 Å². The maximum absolute atomic E-state index is 9.70. The number of furan rings is 1. The first kappa shape index (κ1) is 13.1. The Labute approximate surface area is 108 Å². The van der Waals surface area contributed by atoms with Gasteiger partial charge in [0.2, 0.25) is 0 Å². The van der Waals surface area contributed by atoms with E-state index >= 15 is 0 Å². The van der Waals surface area contributed by atoms with Gasteiger partial charge in [-0.1, -0.05) is 32.0 Å². The molecule has 98 valence electrons. The van der Waals surface area contributed by atoms with Crippen molar-refractivity contribution in [2.75, 3.05) is 6.54 Å². The molecule has 18 heavy (non-hydrogen) atoms. The summed E-state index contributed by atoms with van der Waals surface area (Å²) in [6.45, 7) is 5.67. The lowest BCUT2D eigenvalue weighted by molar-refractivity contribution is 0.116. The number of hydrogen-bond acceptors (Lipinski definition) is 3. The first-order valence-corrected chi connectivity index (χ1v) is 6.52. The van der Waals surface area contributed by atoms with E-state index in [0.717, 1.165) is 30.5 Å². The maximum Gasteiger partial charge on any atom is 0.134 e. The molecule has 2 rings (SSSR count). The molecule has 0 aliphatic carbocycles. The molecular weight excluding hydrogens is 226 g/mol. The summed E-state index contributed by atoms with van der Waals surface area (Å²) in [7, 11) is 0. The van der Waals surface area contributed by atoms with Crippen LogP contribution in [-0.4, -0.2) is 17.8 Å². The Kier molecular flexibility index (Phi) is 4.39. The van der Waals surface area contributed by atoms with Crippen LogP contribution in [0.3, 0.4) is 0 Å². The lowest BCUT2D eigenvalue weighted by atomic mass is 10.0. The fourth-order valence-corrected chi connectivity index (χ4v) is 1.98. The molecule has 0 saturated carbocycles. The zero-order valence-corrected chi connectivity index (χ0v) is 11.0. The van der Waals surface area contributed by atoms with E-state index in [0.29, 0.717) is 5.92 Å². The lowest BCUT2D eigenvalue weighted by Gasteiger charge is -2.14. The van der Waals surface area contributed by atoms with E-state index in [1.54, 1.807) is 6.26 Å². The zero-order valence-electron chi connectivity index (χ0n) is 11.0. The Morgan fingerprint density at radius 3 is 2.83 bits per heavy atom. The molecule has 0 amide bonds. The number of aliphatic hydroxyl groups is 1. The van der Waals surface area contributed by atoms with Crippen LogP contribution < -0.4 is 5.32 Å². The van der Waals surface area contributed by atoms with E-state index in [1.807, 2.05) is 32.0 Å². The number of nitrogens with one attached hydrogen (secondary N) is 1. The van der Waals surface area contributed by atoms with E-state index in [1.165, 1.54) is 5.56 Å². The Balaban J connectivity index is 1.84. The van der Waals surface area contributed by atoms with E-state index in [2.05, 4.69) is 11.4 Å². The Morgan fingerprint density at radius 2 is 2.06 bits per heavy atom. The van der Waals surface area contributed by atoms with Crippen molar-refractivity contribution in [3.8, 4) is 0 Å². The molecule has 1 unspecified atom stereocenters. The second-order valence-electron chi connectivity index (χ2n) is 5.03. The molecule has 0 aliphatic rings. The predicted molar refractivity (Wildman–Crippen MR) is 73.4 cm³/mol. The minimum Gasteiger partial charge on any atom is -0.464 e. The van der Waals surface area contributed by atoms with E-state index in [-0.39, 0.29) is 6.10 Å². The Hall–Kier alpha value is -1.32. The fraction of sp³-hybridized carbons (Fsp3) is 0.467. The summed E-state index contributed by atoms with van der Waals surface area (Å²) in [5.41, 5.74) is 2.10. The van der Waals surface area contributed by atoms with Gasteiger partial charge in [-0.05, 0) is 24.9 Å². The highest BCUT2D eigenvalue weighted by molar-refractivity contribution is 5.80. The predicted octanol–water partition coefficient (Wildman–Crippen LogP) is 2.93. The molecule has 0 fully saturated rings. The van der Waals surface area contributed by atoms with Crippen LogP contribution in [0.2, 0.25) is 0 Å². The van der Waals surface area contributed by atoms with Gasteiger partial charge in [-0.25, -0.2) is 0 Å². The minimum atomic E-state index is -0.224. The summed E-state index contributed by atoms with van der Waals surface area (Å²) < 4.78 is 5.48. The summed E-state index contributed by atoms with van der Waals surface area (Å²) in [5.74, 6) is 0.321. The molecule has 0 radical (unpaired) electrons. The SMILES string of the molecule is CC(C)C(O)CCNCc1coc2ccccc12. The normalized spacial score (nSPS) is 13.3. The summed E-state index contributed by atoms with van der Waals surface area (Å²) >= 11 is 0. The molecule has 2 aromatic rings. The van der Waals surface area contributed by atoms with Gasteiger partial charge in [-0.15, -0.1) is 0 Å². The molecule has 3 nitrogen and oxygen atoms in total. The third-order valence-electron chi connectivity index (χ3n) is 3.26. The van der Waals surface area contributed by atoms with Crippen molar-refractivity contribution in [2.45, 2.75) is 32.9 Å². The summed E-state index contributed by atoms with van der Waals surface area (Å²) in [4.78, 5) is 0. The van der Waals surface area contributed by atoms with Crippen LogP contribution in [0.15, 0.2) is 34.9 Å². The van der Waals surface area contributed by atoms with Crippen molar-refractivity contribution < 1.29 is 9.52 Å². The number of aliphatic hydroxyl groups excluding tert-OH is 1. The molecule has 0 aliphatic heterocycles. The van der Waals surface area contributed by atoms with Crippen LogP contribution in [0.4, 0.5) is 0 Å². The number of benzene rings is 1. The summed E-state index contributed by atoms with van der Waals surface area (Å²) in [6, 6.07) is 8.03. The number of hydrogen-bond donors (Lipinski definition) is 2. The van der Waals surface area contributed by atoms with Gasteiger partial charge in [0.25, 0.3) is 0 Å². The Morgan fingerprint density at radius 1 is 1.28 bits per heavy atom. The third-order valence-corrected chi connectivity index (χ3v) is 3.26. The highest BCUT2D eigenvalue weighted by atomic mass is 16.3. The van der Waals surface area contributed by atoms with Crippen molar-refractivity contribution >= 4 is 11.0 Å². The van der Waals surface area contributed by atoms with E-state index in [4.69, 9.17) is 4.42 Å². The standard InChI is InChI=1S/C15H21NO2/c1-11(2)14(17)7-8-16-9-12-10-18-15-6-4-3-5-13(12)15/h3-6,10-11,14,16-17H,7-9H2,1-2H3. The molecule has 0 spiro atoms. The summed E-state index contributed by atoms with van der Waals surface area (Å²) in [5, 5.41) is 14.2. The van der Waals surface area contributed by atoms with Crippen LogP contribution in [0.25, 0.3) is 11.0 Å². The van der Waals surface area contributed by atoms with Crippen LogP contribution >= 0.6 is 0 Å². The van der Waals surface area contributed by atoms with Crippen molar-refractivity contribution in [3.05, 3.63) is 36.1 Å². The van der Waals surface area contributed by atoms with Crippen LogP contribution in [0.5, 0.6) is 0 Å². The van der Waals surface area contributed by atoms with Gasteiger partial charge in [-0.3, -0.25) is 0 Å². The molecular formula is C15H21NO2. The van der Waals surface area contributed by atoms with Crippen molar-refractivity contribution in [1.29, 1.82) is 0 Å². The molecule has 1 aromatic carbocycles. The van der Waals surface area contributed by atoms with Crippen LogP contribution in [-0.2, 0) is 6.54 Å². The summed E-state index contributed by atoms with van der Waals surface area (Å²) in [6.07, 6.45) is 2.36. The maximum atomic E-state index is 9.70. The average Bonchev–Trinajstić information content (AvgIpc) is 2.77. The number of rotatable bonds is 6. The highest BCUT2D eigenvalue weighted by Gasteiger charge is 2.08. The van der Waals surface area contributed by atoms with Gasteiger partial charge >= 0.3 is 0 Å². The highest BCUT2D eigenvalue weighted by Crippen LogP contribution is 2.20. The minimum absolute atomic E-state index is 0.224. The average molecular weight is 247 g/mol. The number of para-hydroxylation sites is 1. The molecule has 1 atom stereocenters. The van der Waals surface area contributed by atoms with Crippen LogP contribution in [0, 0.1) is 5.92 Å². The van der Waals surface area contributed by atoms with Gasteiger partial charge < -0.3 is 14.8 Å². The molecule has 3 heteroatoms.